The second-order valence-electron chi connectivity index (χ2n) is 4.02. The van der Waals surface area contributed by atoms with Gasteiger partial charge in [0.25, 0.3) is 0 Å². The van der Waals surface area contributed by atoms with E-state index in [2.05, 4.69) is 42.6 Å². The minimum Gasteiger partial charge on any atom is -0.313 e. The van der Waals surface area contributed by atoms with Crippen LogP contribution in [0.1, 0.15) is 18.9 Å². The van der Waals surface area contributed by atoms with Crippen LogP contribution in [0.25, 0.3) is 0 Å². The zero-order valence-electron chi connectivity index (χ0n) is 8.16. The van der Waals surface area contributed by atoms with E-state index in [-0.39, 0.29) is 0 Å². The Hall–Kier alpha value is -0.820. The Bertz CT molecular complexity index is 255. The monoisotopic (exact) mass is 175 g/mol. The van der Waals surface area contributed by atoms with E-state index in [1.165, 1.54) is 24.9 Å². The topological polar surface area (TPSA) is 12.0 Å². The van der Waals surface area contributed by atoms with Gasteiger partial charge in [-0.1, -0.05) is 37.3 Å². The summed E-state index contributed by atoms with van der Waals surface area (Å²) in [5, 5.41) is 3.55. The third kappa shape index (κ3) is 2.10. The summed E-state index contributed by atoms with van der Waals surface area (Å²) < 4.78 is 0. The molecule has 2 atom stereocenters. The van der Waals surface area contributed by atoms with Crippen LogP contribution in [0.2, 0.25) is 0 Å². The molecule has 1 fully saturated rings. The largest absolute Gasteiger partial charge is 0.313 e. The van der Waals surface area contributed by atoms with Crippen molar-refractivity contribution in [2.45, 2.75) is 25.8 Å². The van der Waals surface area contributed by atoms with Crippen molar-refractivity contribution in [2.75, 3.05) is 6.54 Å². The van der Waals surface area contributed by atoms with E-state index in [9.17, 15) is 0 Å². The normalized spacial score (nSPS) is 27.8. The van der Waals surface area contributed by atoms with Crippen LogP contribution in [0, 0.1) is 5.92 Å². The molecule has 1 saturated heterocycles. The summed E-state index contributed by atoms with van der Waals surface area (Å²) in [6.45, 7) is 3.53. The van der Waals surface area contributed by atoms with Crippen LogP contribution in [-0.2, 0) is 6.42 Å². The number of hydrogen-bond donors (Lipinski definition) is 1. The van der Waals surface area contributed by atoms with E-state index >= 15 is 0 Å². The van der Waals surface area contributed by atoms with E-state index in [1.54, 1.807) is 0 Å². The molecular formula is C12H17N. The maximum Gasteiger partial charge on any atom is 0.0134 e. The van der Waals surface area contributed by atoms with Gasteiger partial charge in [-0.2, -0.15) is 0 Å². The molecule has 1 nitrogen and oxygen atoms in total. The van der Waals surface area contributed by atoms with E-state index < -0.39 is 0 Å². The summed E-state index contributed by atoms with van der Waals surface area (Å²) >= 11 is 0. The van der Waals surface area contributed by atoms with Gasteiger partial charge in [0.05, 0.1) is 0 Å². The molecule has 0 spiro atoms. The average molecular weight is 175 g/mol. The lowest BCUT2D eigenvalue weighted by Crippen LogP contribution is -2.27. The molecular weight excluding hydrogens is 158 g/mol. The first-order chi connectivity index (χ1) is 6.36. The lowest BCUT2D eigenvalue weighted by molar-refractivity contribution is 0.480. The first kappa shape index (κ1) is 8.76. The Labute approximate surface area is 80.2 Å². The minimum atomic E-state index is 0.697. The summed E-state index contributed by atoms with van der Waals surface area (Å²) in [6.07, 6.45) is 2.51. The third-order valence-corrected chi connectivity index (χ3v) is 2.99. The SMILES string of the molecule is C[C@H]1CCN[C@H]1Cc1ccccc1. The van der Waals surface area contributed by atoms with Crippen molar-refractivity contribution in [3.05, 3.63) is 35.9 Å². The van der Waals surface area contributed by atoms with Gasteiger partial charge in [0.1, 0.15) is 0 Å². The molecule has 0 saturated carbocycles. The molecule has 0 bridgehead atoms. The Kier molecular flexibility index (Phi) is 2.65. The Balaban J connectivity index is 1.98. The van der Waals surface area contributed by atoms with Crippen LogP contribution in [0.4, 0.5) is 0 Å². The zero-order chi connectivity index (χ0) is 9.10. The first-order valence-corrected chi connectivity index (χ1v) is 5.13. The lowest BCUT2D eigenvalue weighted by atomic mass is 9.97. The summed E-state index contributed by atoms with van der Waals surface area (Å²) in [5.74, 6) is 0.834. The maximum atomic E-state index is 3.55. The van der Waals surface area contributed by atoms with Gasteiger partial charge in [-0.05, 0) is 30.9 Å². The predicted octanol–water partition coefficient (Wildman–Crippen LogP) is 2.23. The van der Waals surface area contributed by atoms with Crippen LogP contribution >= 0.6 is 0 Å². The fourth-order valence-electron chi connectivity index (χ4n) is 2.04. The molecule has 1 aliphatic heterocycles. The summed E-state index contributed by atoms with van der Waals surface area (Å²) in [6, 6.07) is 11.4. The lowest BCUT2D eigenvalue weighted by Gasteiger charge is -2.15. The van der Waals surface area contributed by atoms with Crippen molar-refractivity contribution >= 4 is 0 Å². The van der Waals surface area contributed by atoms with Crippen LogP contribution in [0.3, 0.4) is 0 Å². The van der Waals surface area contributed by atoms with Gasteiger partial charge in [0.2, 0.25) is 0 Å². The fraction of sp³-hybridized carbons (Fsp3) is 0.500. The Morgan fingerprint density at radius 2 is 2.08 bits per heavy atom. The first-order valence-electron chi connectivity index (χ1n) is 5.13. The highest BCUT2D eigenvalue weighted by atomic mass is 14.9. The zero-order valence-corrected chi connectivity index (χ0v) is 8.16. The minimum absolute atomic E-state index is 0.697. The van der Waals surface area contributed by atoms with Gasteiger partial charge in [-0.25, -0.2) is 0 Å². The van der Waals surface area contributed by atoms with Crippen molar-refractivity contribution in [3.63, 3.8) is 0 Å². The van der Waals surface area contributed by atoms with Gasteiger partial charge < -0.3 is 5.32 Å². The summed E-state index contributed by atoms with van der Waals surface area (Å²) in [5.41, 5.74) is 1.45. The van der Waals surface area contributed by atoms with E-state index in [0.29, 0.717) is 6.04 Å². The quantitative estimate of drug-likeness (QED) is 0.726. The van der Waals surface area contributed by atoms with Crippen LogP contribution in [0.15, 0.2) is 30.3 Å². The van der Waals surface area contributed by atoms with Gasteiger partial charge in [0, 0.05) is 6.04 Å². The standard InChI is InChI=1S/C12H17N/c1-10-7-8-13-12(10)9-11-5-3-2-4-6-11/h2-6,10,12-13H,7-9H2,1H3/t10-,12-/m0/s1. The molecule has 0 aliphatic carbocycles. The van der Waals surface area contributed by atoms with E-state index in [0.717, 1.165) is 5.92 Å². The second-order valence-corrected chi connectivity index (χ2v) is 4.02. The highest BCUT2D eigenvalue weighted by molar-refractivity contribution is 5.16. The van der Waals surface area contributed by atoms with Gasteiger partial charge >= 0.3 is 0 Å². The van der Waals surface area contributed by atoms with Crippen molar-refractivity contribution in [2.24, 2.45) is 5.92 Å². The molecule has 70 valence electrons. The summed E-state index contributed by atoms with van der Waals surface area (Å²) in [4.78, 5) is 0. The van der Waals surface area contributed by atoms with E-state index in [4.69, 9.17) is 0 Å². The molecule has 1 aromatic carbocycles. The van der Waals surface area contributed by atoms with Gasteiger partial charge in [-0.15, -0.1) is 0 Å². The highest BCUT2D eigenvalue weighted by Crippen LogP contribution is 2.18. The number of nitrogens with one attached hydrogen (secondary N) is 1. The molecule has 13 heavy (non-hydrogen) atoms. The molecule has 1 heterocycles. The maximum absolute atomic E-state index is 3.55. The summed E-state index contributed by atoms with van der Waals surface area (Å²) in [7, 11) is 0. The second kappa shape index (κ2) is 3.93. The molecule has 0 amide bonds. The molecule has 1 aromatic rings. The number of hydrogen-bond acceptors (Lipinski definition) is 1. The molecule has 0 radical (unpaired) electrons. The average Bonchev–Trinajstić information content (AvgIpc) is 2.54. The number of benzene rings is 1. The van der Waals surface area contributed by atoms with Crippen molar-refractivity contribution in [1.82, 2.24) is 5.32 Å². The molecule has 1 N–H and O–H groups in total. The molecule has 1 heteroatoms. The van der Waals surface area contributed by atoms with Crippen molar-refractivity contribution in [1.29, 1.82) is 0 Å². The molecule has 0 unspecified atom stereocenters. The molecule has 2 rings (SSSR count). The Morgan fingerprint density at radius 3 is 2.69 bits per heavy atom. The van der Waals surface area contributed by atoms with Gasteiger partial charge in [0.15, 0.2) is 0 Å². The van der Waals surface area contributed by atoms with Crippen LogP contribution in [0.5, 0.6) is 0 Å². The molecule has 0 aromatic heterocycles. The van der Waals surface area contributed by atoms with Crippen LogP contribution in [-0.4, -0.2) is 12.6 Å². The van der Waals surface area contributed by atoms with E-state index in [1.807, 2.05) is 0 Å². The van der Waals surface area contributed by atoms with Crippen molar-refractivity contribution in [3.8, 4) is 0 Å². The Morgan fingerprint density at radius 1 is 1.31 bits per heavy atom. The highest BCUT2D eigenvalue weighted by Gasteiger charge is 2.22. The molecule has 1 aliphatic rings. The third-order valence-electron chi connectivity index (χ3n) is 2.99. The van der Waals surface area contributed by atoms with Crippen molar-refractivity contribution < 1.29 is 0 Å². The number of rotatable bonds is 2. The smallest absolute Gasteiger partial charge is 0.0134 e. The predicted molar refractivity (Wildman–Crippen MR) is 55.7 cm³/mol. The van der Waals surface area contributed by atoms with Gasteiger partial charge in [-0.3, -0.25) is 0 Å². The van der Waals surface area contributed by atoms with Crippen LogP contribution < -0.4 is 5.32 Å². The fourth-order valence-corrected chi connectivity index (χ4v) is 2.04.